The molecule has 0 bridgehead atoms. The van der Waals surface area contributed by atoms with Gasteiger partial charge in [-0.3, -0.25) is 4.99 Å². The molecule has 0 spiro atoms. The topological polar surface area (TPSA) is 88.1 Å². The molecule has 9 heteroatoms. The van der Waals surface area contributed by atoms with Crippen LogP contribution in [0, 0.1) is 5.92 Å². The zero-order valence-electron chi connectivity index (χ0n) is 17.2. The lowest BCUT2D eigenvalue weighted by molar-refractivity contribution is 0.0963. The molecule has 0 atom stereocenters. The highest BCUT2D eigenvalue weighted by atomic mass is 127. The van der Waals surface area contributed by atoms with E-state index in [1.165, 1.54) is 12.8 Å². The fraction of sp³-hybridized carbons (Fsp3) is 0.650. The second kappa shape index (κ2) is 12.0. The number of ether oxygens (including phenoxy) is 2. The van der Waals surface area contributed by atoms with Crippen molar-refractivity contribution in [2.75, 3.05) is 33.4 Å². The number of hydrogen-bond donors (Lipinski definition) is 2. The minimum Gasteiger partial charge on any atom is -0.477 e. The fourth-order valence-corrected chi connectivity index (χ4v) is 3.08. The maximum Gasteiger partial charge on any atom is 0.409 e. The molecule has 0 radical (unpaired) electrons. The van der Waals surface area contributed by atoms with Crippen LogP contribution in [0.3, 0.4) is 0 Å². The van der Waals surface area contributed by atoms with Crippen LogP contribution in [-0.4, -0.2) is 61.3 Å². The van der Waals surface area contributed by atoms with E-state index in [1.54, 1.807) is 11.9 Å². The summed E-state index contributed by atoms with van der Waals surface area (Å²) in [6.07, 6.45) is 5.90. The van der Waals surface area contributed by atoms with Gasteiger partial charge in [-0.1, -0.05) is 6.07 Å². The molecular formula is C20H32IN5O3. The van der Waals surface area contributed by atoms with Gasteiger partial charge in [-0.05, 0) is 44.1 Å². The van der Waals surface area contributed by atoms with Crippen molar-refractivity contribution in [3.63, 3.8) is 0 Å². The molecule has 0 aromatic carbocycles. The molecule has 2 heterocycles. The number of aliphatic imine (C=N–C) groups is 1. The molecule has 1 aliphatic carbocycles. The number of carbonyl (C=O) groups is 1. The van der Waals surface area contributed by atoms with Crippen molar-refractivity contribution < 1.29 is 14.3 Å². The second-order valence-corrected chi connectivity index (χ2v) is 7.29. The first-order valence-corrected chi connectivity index (χ1v) is 10.1. The molecule has 1 aliphatic heterocycles. The number of nitrogens with zero attached hydrogens (tertiary/aromatic N) is 3. The maximum atomic E-state index is 11.8. The van der Waals surface area contributed by atoms with Gasteiger partial charge < -0.3 is 25.0 Å². The first-order chi connectivity index (χ1) is 13.7. The summed E-state index contributed by atoms with van der Waals surface area (Å²) < 4.78 is 10.7. The average molecular weight is 517 g/mol. The predicted octanol–water partition coefficient (Wildman–Crippen LogP) is 2.77. The van der Waals surface area contributed by atoms with Gasteiger partial charge in [0.1, 0.15) is 0 Å². The molecule has 1 saturated carbocycles. The number of nitrogens with one attached hydrogen (secondary N) is 2. The monoisotopic (exact) mass is 517 g/mol. The molecule has 162 valence electrons. The fourth-order valence-electron chi connectivity index (χ4n) is 3.08. The SMILES string of the molecule is CCOC(=O)N1CCC(NC(=NC)NCc2ccc(OCC3CC3)nc2)CC1.I. The summed E-state index contributed by atoms with van der Waals surface area (Å²) >= 11 is 0. The van der Waals surface area contributed by atoms with Gasteiger partial charge in [-0.25, -0.2) is 9.78 Å². The molecule has 2 fully saturated rings. The van der Waals surface area contributed by atoms with Crippen molar-refractivity contribution in [3.05, 3.63) is 23.9 Å². The normalized spacial score (nSPS) is 17.3. The molecule has 29 heavy (non-hydrogen) atoms. The summed E-state index contributed by atoms with van der Waals surface area (Å²) in [5.74, 6) is 2.16. The quantitative estimate of drug-likeness (QED) is 0.329. The largest absolute Gasteiger partial charge is 0.477 e. The van der Waals surface area contributed by atoms with Crippen LogP contribution in [0.25, 0.3) is 0 Å². The van der Waals surface area contributed by atoms with E-state index in [4.69, 9.17) is 9.47 Å². The second-order valence-electron chi connectivity index (χ2n) is 7.29. The number of aromatic nitrogens is 1. The lowest BCUT2D eigenvalue weighted by Crippen LogP contribution is -2.49. The highest BCUT2D eigenvalue weighted by molar-refractivity contribution is 14.0. The van der Waals surface area contributed by atoms with Crippen LogP contribution in [-0.2, 0) is 11.3 Å². The number of carbonyl (C=O) groups excluding carboxylic acids is 1. The Balaban J connectivity index is 0.00000300. The zero-order valence-corrected chi connectivity index (χ0v) is 19.6. The number of rotatable bonds is 7. The highest BCUT2D eigenvalue weighted by Crippen LogP contribution is 2.29. The number of piperidine rings is 1. The van der Waals surface area contributed by atoms with Crippen molar-refractivity contribution in [2.45, 2.75) is 45.2 Å². The van der Waals surface area contributed by atoms with Crippen molar-refractivity contribution >= 4 is 36.0 Å². The van der Waals surface area contributed by atoms with Crippen LogP contribution in [0.15, 0.2) is 23.3 Å². The maximum absolute atomic E-state index is 11.8. The summed E-state index contributed by atoms with van der Waals surface area (Å²) in [5, 5.41) is 6.75. The van der Waals surface area contributed by atoms with Crippen molar-refractivity contribution in [1.82, 2.24) is 20.5 Å². The van der Waals surface area contributed by atoms with Crippen LogP contribution in [0.5, 0.6) is 5.88 Å². The van der Waals surface area contributed by atoms with Gasteiger partial charge >= 0.3 is 6.09 Å². The van der Waals surface area contributed by atoms with Crippen LogP contribution in [0.4, 0.5) is 4.79 Å². The van der Waals surface area contributed by atoms with E-state index in [2.05, 4.69) is 20.6 Å². The minimum absolute atomic E-state index is 0. The first-order valence-electron chi connectivity index (χ1n) is 10.1. The number of halogens is 1. The predicted molar refractivity (Wildman–Crippen MR) is 123 cm³/mol. The van der Waals surface area contributed by atoms with E-state index in [1.807, 2.05) is 25.3 Å². The number of pyridine rings is 1. The first kappa shape index (κ1) is 23.5. The van der Waals surface area contributed by atoms with Gasteiger partial charge in [-0.2, -0.15) is 0 Å². The highest BCUT2D eigenvalue weighted by Gasteiger charge is 2.24. The molecular weight excluding hydrogens is 485 g/mol. The standard InChI is InChI=1S/C20H31N5O3.HI/c1-3-27-20(26)25-10-8-17(9-11-25)24-19(21-2)23-13-16-6-7-18(22-12-16)28-14-15-4-5-15;/h6-7,12,15,17H,3-5,8-11,13-14H2,1-2H3,(H2,21,23,24);1H. The Bertz CT molecular complexity index is 659. The van der Waals surface area contributed by atoms with Crippen LogP contribution < -0.4 is 15.4 Å². The van der Waals surface area contributed by atoms with Crippen LogP contribution >= 0.6 is 24.0 Å². The van der Waals surface area contributed by atoms with E-state index < -0.39 is 0 Å². The number of hydrogen-bond acceptors (Lipinski definition) is 5. The Morgan fingerprint density at radius 1 is 1.28 bits per heavy atom. The Hall–Kier alpha value is -1.78. The smallest absolute Gasteiger partial charge is 0.409 e. The van der Waals surface area contributed by atoms with Gasteiger partial charge in [0.15, 0.2) is 5.96 Å². The molecule has 2 aliphatic rings. The van der Waals surface area contributed by atoms with Gasteiger partial charge in [-0.15, -0.1) is 24.0 Å². The van der Waals surface area contributed by atoms with Gasteiger partial charge in [0.25, 0.3) is 0 Å². The van der Waals surface area contributed by atoms with Gasteiger partial charge in [0.2, 0.25) is 5.88 Å². The molecule has 1 saturated heterocycles. The summed E-state index contributed by atoms with van der Waals surface area (Å²) in [4.78, 5) is 22.2. The molecule has 1 aromatic rings. The Morgan fingerprint density at radius 2 is 2.03 bits per heavy atom. The molecule has 1 aromatic heterocycles. The Kier molecular flexibility index (Phi) is 9.75. The van der Waals surface area contributed by atoms with Crippen molar-refractivity contribution in [2.24, 2.45) is 10.9 Å². The number of amides is 1. The van der Waals surface area contributed by atoms with Crippen molar-refractivity contribution in [3.8, 4) is 5.88 Å². The van der Waals surface area contributed by atoms with Crippen molar-refractivity contribution in [1.29, 1.82) is 0 Å². The third-order valence-electron chi connectivity index (χ3n) is 5.01. The zero-order chi connectivity index (χ0) is 19.8. The molecule has 1 amide bonds. The third kappa shape index (κ3) is 7.87. The molecule has 2 N–H and O–H groups in total. The number of likely N-dealkylation sites (tertiary alicyclic amines) is 1. The summed E-state index contributed by atoms with van der Waals surface area (Å²) in [5.41, 5.74) is 1.07. The van der Waals surface area contributed by atoms with Gasteiger partial charge in [0.05, 0.1) is 13.2 Å². The molecule has 0 unspecified atom stereocenters. The average Bonchev–Trinajstić information content (AvgIpc) is 3.55. The summed E-state index contributed by atoms with van der Waals surface area (Å²) in [6.45, 7) is 5.04. The number of guanidine groups is 1. The Labute approximate surface area is 189 Å². The molecule has 3 rings (SSSR count). The van der Waals surface area contributed by atoms with Crippen LogP contribution in [0.2, 0.25) is 0 Å². The van der Waals surface area contributed by atoms with E-state index >= 15 is 0 Å². The van der Waals surface area contributed by atoms with E-state index in [0.29, 0.717) is 32.1 Å². The van der Waals surface area contributed by atoms with E-state index in [0.717, 1.165) is 36.9 Å². The summed E-state index contributed by atoms with van der Waals surface area (Å²) in [6, 6.07) is 4.22. The molecule has 8 nitrogen and oxygen atoms in total. The van der Waals surface area contributed by atoms with Gasteiger partial charge in [0, 0.05) is 45.0 Å². The lowest BCUT2D eigenvalue weighted by Gasteiger charge is -2.32. The van der Waals surface area contributed by atoms with Crippen LogP contribution in [0.1, 0.15) is 38.2 Å². The van der Waals surface area contributed by atoms with E-state index in [9.17, 15) is 4.79 Å². The Morgan fingerprint density at radius 3 is 2.62 bits per heavy atom. The summed E-state index contributed by atoms with van der Waals surface area (Å²) in [7, 11) is 1.76. The lowest BCUT2D eigenvalue weighted by atomic mass is 10.1. The third-order valence-corrected chi connectivity index (χ3v) is 5.01. The van der Waals surface area contributed by atoms with E-state index in [-0.39, 0.29) is 36.1 Å². The minimum atomic E-state index is -0.222.